The highest BCUT2D eigenvalue weighted by Gasteiger charge is 2.28. The van der Waals surface area contributed by atoms with Gasteiger partial charge < -0.3 is 23.3 Å². The first-order valence-corrected chi connectivity index (χ1v) is 18.2. The van der Waals surface area contributed by atoms with Gasteiger partial charge in [-0.15, -0.1) is 0 Å². The number of aromatic nitrogens is 1. The zero-order valence-corrected chi connectivity index (χ0v) is 28.6. The number of para-hydroxylation sites is 2. The van der Waals surface area contributed by atoms with E-state index in [0.717, 1.165) is 81.1 Å². The molecular formula is C37H49N4O2S2+3. The van der Waals surface area contributed by atoms with Gasteiger partial charge in [0.1, 0.15) is 17.8 Å². The lowest BCUT2D eigenvalue weighted by Gasteiger charge is -2.38. The van der Waals surface area contributed by atoms with Crippen LogP contribution in [0.15, 0.2) is 94.9 Å². The van der Waals surface area contributed by atoms with E-state index in [-0.39, 0.29) is 0 Å². The molecule has 1 aromatic heterocycles. The Labute approximate surface area is 277 Å². The van der Waals surface area contributed by atoms with E-state index >= 15 is 0 Å². The number of nitrogens with zero attached hydrogens (tertiary/aromatic N) is 4. The first-order chi connectivity index (χ1) is 22.0. The van der Waals surface area contributed by atoms with Gasteiger partial charge in [-0.25, -0.2) is 0 Å². The van der Waals surface area contributed by atoms with E-state index in [1.807, 2.05) is 23.1 Å². The fraction of sp³-hybridized carbons (Fsp3) is 0.432. The van der Waals surface area contributed by atoms with Crippen molar-refractivity contribution in [1.29, 1.82) is 0 Å². The van der Waals surface area contributed by atoms with E-state index in [1.165, 1.54) is 50.3 Å². The molecule has 2 saturated heterocycles. The van der Waals surface area contributed by atoms with E-state index < -0.39 is 0 Å². The van der Waals surface area contributed by atoms with Crippen molar-refractivity contribution in [2.45, 2.75) is 30.7 Å². The highest BCUT2D eigenvalue weighted by Crippen LogP contribution is 2.45. The number of thioether (sulfide) groups is 1. The van der Waals surface area contributed by atoms with Gasteiger partial charge in [0.2, 0.25) is 5.52 Å². The fourth-order valence-electron chi connectivity index (χ4n) is 6.59. The van der Waals surface area contributed by atoms with Gasteiger partial charge in [-0.1, -0.05) is 77.7 Å². The summed E-state index contributed by atoms with van der Waals surface area (Å²) in [5.74, 6) is 0. The zero-order chi connectivity index (χ0) is 31.0. The van der Waals surface area contributed by atoms with Crippen LogP contribution in [0.1, 0.15) is 24.3 Å². The van der Waals surface area contributed by atoms with Gasteiger partial charge in [-0.2, -0.15) is 4.57 Å². The molecule has 1 atom stereocenters. The maximum Gasteiger partial charge on any atom is 0.262 e. The second kappa shape index (κ2) is 15.2. The maximum absolute atomic E-state index is 5.78. The number of fused-ring (bicyclic) bond motifs is 2. The SMILES string of the molecule is C[N+]1(CCCN2/C(=C/C=C/C=C/C=C/c3sc4ccccc4[n+]3CCC[N+]3(C)CCCOC3)Sc3ccccc32)CCOCC1. The molecule has 3 aromatic rings. The van der Waals surface area contributed by atoms with Crippen LogP contribution in [0.5, 0.6) is 0 Å². The number of quaternary nitrogens is 2. The van der Waals surface area contributed by atoms with E-state index in [1.54, 1.807) is 0 Å². The summed E-state index contributed by atoms with van der Waals surface area (Å²) in [5.41, 5.74) is 2.66. The molecule has 2 fully saturated rings. The molecule has 0 aliphatic carbocycles. The maximum atomic E-state index is 5.78. The van der Waals surface area contributed by atoms with Crippen molar-refractivity contribution >= 4 is 45.1 Å². The molecule has 0 spiro atoms. The van der Waals surface area contributed by atoms with Crippen molar-refractivity contribution in [1.82, 2.24) is 0 Å². The first-order valence-electron chi connectivity index (χ1n) is 16.5. The third-order valence-corrected chi connectivity index (χ3v) is 11.6. The fourth-order valence-corrected chi connectivity index (χ4v) is 8.79. The Kier molecular flexibility index (Phi) is 10.9. The number of ether oxygens (including phenoxy) is 2. The van der Waals surface area contributed by atoms with Crippen LogP contribution in [0.4, 0.5) is 5.69 Å². The summed E-state index contributed by atoms with van der Waals surface area (Å²) in [6.45, 7) is 11.4. The van der Waals surface area contributed by atoms with Gasteiger partial charge in [0, 0.05) is 36.4 Å². The molecule has 0 N–H and O–H groups in total. The average molecular weight is 646 g/mol. The molecule has 4 heterocycles. The monoisotopic (exact) mass is 645 g/mol. The van der Waals surface area contributed by atoms with Crippen LogP contribution in [0.2, 0.25) is 0 Å². The van der Waals surface area contributed by atoms with Crippen LogP contribution in [0.3, 0.4) is 0 Å². The topological polar surface area (TPSA) is 25.6 Å². The number of benzene rings is 2. The summed E-state index contributed by atoms with van der Waals surface area (Å²) >= 11 is 3.75. The molecule has 0 saturated carbocycles. The lowest BCUT2D eigenvalue weighted by molar-refractivity contribution is -0.936. The van der Waals surface area contributed by atoms with Crippen LogP contribution in [-0.2, 0) is 16.0 Å². The molecule has 2 aromatic carbocycles. The van der Waals surface area contributed by atoms with E-state index in [0.29, 0.717) is 0 Å². The standard InChI is InChI=1S/C37H49N4O2S2/c1-40(26-29-42-30-27-40)23-12-21-38-32-15-8-10-17-34(32)44-36(38)19-6-4-3-5-7-20-37-39(33-16-9-11-18-35(33)45-37)22-13-24-41(2)25-14-28-43-31-41/h3-11,15-20H,12-14,21-31H2,1-2H3/q+3. The Balaban J connectivity index is 1.07. The van der Waals surface area contributed by atoms with Gasteiger partial charge >= 0.3 is 0 Å². The lowest BCUT2D eigenvalue weighted by Crippen LogP contribution is -2.52. The molecule has 0 radical (unpaired) electrons. The van der Waals surface area contributed by atoms with E-state index in [9.17, 15) is 0 Å². The Morgan fingerprint density at radius 1 is 0.822 bits per heavy atom. The minimum absolute atomic E-state index is 0.843. The Bertz CT molecular complexity index is 1550. The van der Waals surface area contributed by atoms with Crippen LogP contribution >= 0.6 is 23.1 Å². The highest BCUT2D eigenvalue weighted by atomic mass is 32.2. The number of thiazole rings is 1. The van der Waals surface area contributed by atoms with Gasteiger partial charge in [-0.3, -0.25) is 0 Å². The minimum Gasteiger partial charge on any atom is -0.370 e. The molecule has 1 unspecified atom stereocenters. The minimum atomic E-state index is 0.843. The van der Waals surface area contributed by atoms with Crippen molar-refractivity contribution in [2.24, 2.45) is 0 Å². The van der Waals surface area contributed by atoms with Crippen LogP contribution < -0.4 is 9.47 Å². The van der Waals surface area contributed by atoms with Gasteiger partial charge in [0.05, 0.1) is 70.7 Å². The molecule has 3 aliphatic heterocycles. The molecule has 8 heteroatoms. The molecule has 0 bridgehead atoms. The Morgan fingerprint density at radius 2 is 1.60 bits per heavy atom. The molecular weight excluding hydrogens is 597 g/mol. The Hall–Kier alpha value is -2.72. The predicted molar refractivity (Wildman–Crippen MR) is 189 cm³/mol. The second-order valence-corrected chi connectivity index (χ2v) is 15.1. The van der Waals surface area contributed by atoms with Gasteiger partial charge in [0.15, 0.2) is 13.3 Å². The number of anilines is 1. The number of rotatable bonds is 12. The number of morpholine rings is 1. The molecule has 6 nitrogen and oxygen atoms in total. The summed E-state index contributed by atoms with van der Waals surface area (Å²) < 4.78 is 17.4. The molecule has 45 heavy (non-hydrogen) atoms. The summed E-state index contributed by atoms with van der Waals surface area (Å²) in [7, 11) is 4.71. The average Bonchev–Trinajstić information content (AvgIpc) is 3.58. The highest BCUT2D eigenvalue weighted by molar-refractivity contribution is 8.03. The predicted octanol–water partition coefficient (Wildman–Crippen LogP) is 6.85. The molecule has 0 amide bonds. The molecule has 6 rings (SSSR count). The number of likely N-dealkylation sites (N-methyl/N-ethyl adjacent to an activating group) is 1. The smallest absolute Gasteiger partial charge is 0.262 e. The number of hydrogen-bond acceptors (Lipinski definition) is 5. The number of allylic oxidation sites excluding steroid dienone is 6. The van der Waals surface area contributed by atoms with Gasteiger partial charge in [0.25, 0.3) is 5.01 Å². The third-order valence-electron chi connectivity index (χ3n) is 9.30. The normalized spacial score (nSPS) is 22.9. The van der Waals surface area contributed by atoms with Crippen molar-refractivity contribution in [3.8, 4) is 0 Å². The van der Waals surface area contributed by atoms with Crippen molar-refractivity contribution in [2.75, 3.05) is 84.8 Å². The number of aryl methyl sites for hydroxylation is 1. The van der Waals surface area contributed by atoms with Crippen LogP contribution in [-0.4, -0.2) is 88.9 Å². The quantitative estimate of drug-likeness (QED) is 0.122. The molecule has 238 valence electrons. The Morgan fingerprint density at radius 3 is 2.47 bits per heavy atom. The molecule has 3 aliphatic rings. The van der Waals surface area contributed by atoms with Gasteiger partial charge in [-0.05, 0) is 24.3 Å². The lowest BCUT2D eigenvalue weighted by atomic mass is 10.2. The van der Waals surface area contributed by atoms with Crippen LogP contribution in [0.25, 0.3) is 16.3 Å². The first kappa shape index (κ1) is 32.2. The summed E-state index contributed by atoms with van der Waals surface area (Å²) in [6.07, 6.45) is 18.8. The largest absolute Gasteiger partial charge is 0.370 e. The number of hydrogen-bond donors (Lipinski definition) is 0. The third kappa shape index (κ3) is 8.36. The van der Waals surface area contributed by atoms with E-state index in [4.69, 9.17) is 9.47 Å². The second-order valence-electron chi connectivity index (χ2n) is 13.0. The summed E-state index contributed by atoms with van der Waals surface area (Å²) in [6, 6.07) is 17.6. The van der Waals surface area contributed by atoms with Crippen LogP contribution in [0, 0.1) is 0 Å². The zero-order valence-electron chi connectivity index (χ0n) is 27.0. The summed E-state index contributed by atoms with van der Waals surface area (Å²) in [5, 5.41) is 2.60. The van der Waals surface area contributed by atoms with Crippen molar-refractivity contribution in [3.63, 3.8) is 0 Å². The summed E-state index contributed by atoms with van der Waals surface area (Å²) in [4.78, 5) is 3.85. The van der Waals surface area contributed by atoms with E-state index in [2.05, 4.69) is 115 Å². The van der Waals surface area contributed by atoms with Crippen molar-refractivity contribution in [3.05, 3.63) is 95.0 Å². The van der Waals surface area contributed by atoms with Crippen molar-refractivity contribution < 1.29 is 23.0 Å².